The number of carbonyl (C=O) groups is 3. The summed E-state index contributed by atoms with van der Waals surface area (Å²) in [6.45, 7) is 1.37. The number of hydrogen-bond donors (Lipinski definition) is 1. The number of fused-ring (bicyclic) bond motifs is 1. The van der Waals surface area contributed by atoms with Crippen LogP contribution in [-0.4, -0.2) is 55.7 Å². The van der Waals surface area contributed by atoms with Crippen LogP contribution in [0.15, 0.2) is 18.2 Å². The molecule has 0 spiro atoms. The van der Waals surface area contributed by atoms with Crippen LogP contribution in [0.2, 0.25) is 0 Å². The third kappa shape index (κ3) is 3.52. The summed E-state index contributed by atoms with van der Waals surface area (Å²) < 4.78 is 10.4. The number of nitrogens with zero attached hydrogens (tertiary/aromatic N) is 2. The molecule has 134 valence electrons. The van der Waals surface area contributed by atoms with Gasteiger partial charge >= 0.3 is 6.09 Å². The Morgan fingerprint density at radius 3 is 2.64 bits per heavy atom. The first kappa shape index (κ1) is 17.1. The van der Waals surface area contributed by atoms with Gasteiger partial charge in [0.2, 0.25) is 6.10 Å². The molecular weight excluding hydrogens is 326 g/mol. The highest BCUT2D eigenvalue weighted by molar-refractivity contribution is 6.01. The van der Waals surface area contributed by atoms with Crippen molar-refractivity contribution in [3.63, 3.8) is 0 Å². The molecule has 0 unspecified atom stereocenters. The second-order valence-electron chi connectivity index (χ2n) is 6.17. The number of anilines is 1. The standard InChI is InChI=1S/C17H21N3O5/c1-19-12-9-11(15(21)20-7-3-2-4-8-20)5-6-13(12)24-10-14(16(19)22)25-17(18)23/h5-6,9,14H,2-4,7-8,10H2,1H3,(H2,18,23)/t14-/m0/s1. The van der Waals surface area contributed by atoms with Crippen LogP contribution < -0.4 is 15.4 Å². The van der Waals surface area contributed by atoms with E-state index in [1.165, 1.54) is 4.90 Å². The van der Waals surface area contributed by atoms with E-state index in [0.29, 0.717) is 17.0 Å². The van der Waals surface area contributed by atoms with Gasteiger partial charge in [-0.2, -0.15) is 0 Å². The molecule has 1 aromatic rings. The molecule has 2 aliphatic heterocycles. The van der Waals surface area contributed by atoms with Gasteiger partial charge in [-0.1, -0.05) is 0 Å². The molecule has 1 saturated heterocycles. The number of benzene rings is 1. The first-order chi connectivity index (χ1) is 12.0. The van der Waals surface area contributed by atoms with Crippen molar-refractivity contribution >= 4 is 23.6 Å². The second-order valence-corrected chi connectivity index (χ2v) is 6.17. The molecule has 1 fully saturated rings. The largest absolute Gasteiger partial charge is 0.487 e. The SMILES string of the molecule is CN1C(=O)[C@@H](OC(N)=O)COc2ccc(C(=O)N3CCCCC3)cc21. The highest BCUT2D eigenvalue weighted by atomic mass is 16.6. The Bertz CT molecular complexity index is 700. The zero-order chi connectivity index (χ0) is 18.0. The minimum Gasteiger partial charge on any atom is -0.487 e. The Morgan fingerprint density at radius 2 is 1.96 bits per heavy atom. The fourth-order valence-corrected chi connectivity index (χ4v) is 3.11. The van der Waals surface area contributed by atoms with E-state index in [0.717, 1.165) is 32.4 Å². The molecule has 0 aromatic heterocycles. The fraction of sp³-hybridized carbons (Fsp3) is 0.471. The van der Waals surface area contributed by atoms with Crippen molar-refractivity contribution in [1.29, 1.82) is 0 Å². The van der Waals surface area contributed by atoms with Crippen LogP contribution in [-0.2, 0) is 9.53 Å². The van der Waals surface area contributed by atoms with Crippen LogP contribution in [0, 0.1) is 0 Å². The van der Waals surface area contributed by atoms with Crippen molar-refractivity contribution in [2.75, 3.05) is 31.6 Å². The Morgan fingerprint density at radius 1 is 1.24 bits per heavy atom. The fourth-order valence-electron chi connectivity index (χ4n) is 3.11. The van der Waals surface area contributed by atoms with Crippen molar-refractivity contribution in [3.8, 4) is 5.75 Å². The summed E-state index contributed by atoms with van der Waals surface area (Å²) in [4.78, 5) is 39.2. The third-order valence-corrected chi connectivity index (χ3v) is 4.47. The molecule has 0 bridgehead atoms. The summed E-state index contributed by atoms with van der Waals surface area (Å²) >= 11 is 0. The van der Waals surface area contributed by atoms with Crippen molar-refractivity contribution in [2.24, 2.45) is 5.73 Å². The van der Waals surface area contributed by atoms with Gasteiger partial charge in [-0.05, 0) is 37.5 Å². The molecule has 2 N–H and O–H groups in total. The number of likely N-dealkylation sites (N-methyl/N-ethyl adjacent to an activating group) is 1. The first-order valence-corrected chi connectivity index (χ1v) is 8.27. The van der Waals surface area contributed by atoms with Gasteiger partial charge in [-0.15, -0.1) is 0 Å². The molecule has 3 rings (SSSR count). The van der Waals surface area contributed by atoms with Crippen molar-refractivity contribution in [1.82, 2.24) is 4.90 Å². The lowest BCUT2D eigenvalue weighted by molar-refractivity contribution is -0.127. The van der Waals surface area contributed by atoms with Crippen LogP contribution in [0.4, 0.5) is 10.5 Å². The molecule has 0 aliphatic carbocycles. The van der Waals surface area contributed by atoms with Crippen molar-refractivity contribution in [2.45, 2.75) is 25.4 Å². The van der Waals surface area contributed by atoms with Gasteiger partial charge in [0.15, 0.2) is 0 Å². The van der Waals surface area contributed by atoms with Gasteiger partial charge in [0.25, 0.3) is 11.8 Å². The van der Waals surface area contributed by atoms with Gasteiger partial charge in [0.1, 0.15) is 12.4 Å². The molecule has 0 radical (unpaired) electrons. The predicted octanol–water partition coefficient (Wildman–Crippen LogP) is 1.13. The molecule has 8 nitrogen and oxygen atoms in total. The number of nitrogens with two attached hydrogens (primary N) is 1. The second kappa shape index (κ2) is 7.00. The summed E-state index contributed by atoms with van der Waals surface area (Å²) in [7, 11) is 1.54. The molecule has 1 atom stereocenters. The lowest BCUT2D eigenvalue weighted by Gasteiger charge is -2.27. The summed E-state index contributed by atoms with van der Waals surface area (Å²) in [5, 5.41) is 0. The van der Waals surface area contributed by atoms with Gasteiger partial charge in [0, 0.05) is 25.7 Å². The zero-order valence-corrected chi connectivity index (χ0v) is 14.1. The molecule has 3 amide bonds. The maximum Gasteiger partial charge on any atom is 0.405 e. The van der Waals surface area contributed by atoms with E-state index < -0.39 is 18.1 Å². The molecule has 25 heavy (non-hydrogen) atoms. The van der Waals surface area contributed by atoms with Crippen LogP contribution in [0.1, 0.15) is 29.6 Å². The zero-order valence-electron chi connectivity index (χ0n) is 14.1. The number of piperidine rings is 1. The van der Waals surface area contributed by atoms with E-state index in [2.05, 4.69) is 0 Å². The minimum atomic E-state index is -1.11. The van der Waals surface area contributed by atoms with E-state index in [1.54, 1.807) is 25.2 Å². The number of ether oxygens (including phenoxy) is 2. The molecule has 8 heteroatoms. The topological polar surface area (TPSA) is 102 Å². The number of hydrogen-bond acceptors (Lipinski definition) is 5. The van der Waals surface area contributed by atoms with E-state index in [1.807, 2.05) is 4.90 Å². The van der Waals surface area contributed by atoms with E-state index in [4.69, 9.17) is 15.2 Å². The molecule has 2 aliphatic rings. The van der Waals surface area contributed by atoms with Crippen LogP contribution in [0.5, 0.6) is 5.75 Å². The Labute approximate surface area is 145 Å². The predicted molar refractivity (Wildman–Crippen MR) is 89.6 cm³/mol. The van der Waals surface area contributed by atoms with Gasteiger partial charge in [0.05, 0.1) is 5.69 Å². The lowest BCUT2D eigenvalue weighted by Crippen LogP contribution is -2.41. The van der Waals surface area contributed by atoms with Crippen LogP contribution >= 0.6 is 0 Å². The lowest BCUT2D eigenvalue weighted by atomic mass is 10.1. The number of amides is 3. The smallest absolute Gasteiger partial charge is 0.405 e. The summed E-state index contributed by atoms with van der Waals surface area (Å²) in [6, 6.07) is 4.98. The first-order valence-electron chi connectivity index (χ1n) is 8.27. The average Bonchev–Trinajstić information content (AvgIpc) is 2.73. The Balaban J connectivity index is 1.85. The van der Waals surface area contributed by atoms with E-state index in [9.17, 15) is 14.4 Å². The van der Waals surface area contributed by atoms with Gasteiger partial charge in [-0.3, -0.25) is 9.59 Å². The quantitative estimate of drug-likeness (QED) is 0.864. The normalized spacial score (nSPS) is 20.4. The number of likely N-dealkylation sites (tertiary alicyclic amines) is 1. The molecular formula is C17H21N3O5. The third-order valence-electron chi connectivity index (χ3n) is 4.47. The Hall–Kier alpha value is -2.77. The highest BCUT2D eigenvalue weighted by Crippen LogP contribution is 2.32. The van der Waals surface area contributed by atoms with E-state index in [-0.39, 0.29) is 12.5 Å². The molecule has 1 aromatic carbocycles. The molecule has 2 heterocycles. The van der Waals surface area contributed by atoms with Crippen molar-refractivity contribution in [3.05, 3.63) is 23.8 Å². The van der Waals surface area contributed by atoms with Crippen molar-refractivity contribution < 1.29 is 23.9 Å². The number of rotatable bonds is 2. The van der Waals surface area contributed by atoms with E-state index >= 15 is 0 Å². The Kier molecular flexibility index (Phi) is 4.78. The summed E-state index contributed by atoms with van der Waals surface area (Å²) in [5.41, 5.74) is 5.96. The van der Waals surface area contributed by atoms with Gasteiger partial charge < -0.3 is 25.0 Å². The summed E-state index contributed by atoms with van der Waals surface area (Å²) in [5.74, 6) is -0.0701. The van der Waals surface area contributed by atoms with Crippen LogP contribution in [0.25, 0.3) is 0 Å². The van der Waals surface area contributed by atoms with Crippen LogP contribution in [0.3, 0.4) is 0 Å². The average molecular weight is 347 g/mol. The number of carbonyl (C=O) groups excluding carboxylic acids is 3. The summed E-state index contributed by atoms with van der Waals surface area (Å²) in [6.07, 6.45) is 0.994. The monoisotopic (exact) mass is 347 g/mol. The maximum atomic E-state index is 12.7. The number of primary amides is 1. The molecule has 0 saturated carbocycles. The minimum absolute atomic E-state index is 0.0578. The maximum absolute atomic E-state index is 12.7. The highest BCUT2D eigenvalue weighted by Gasteiger charge is 2.32. The van der Waals surface area contributed by atoms with Gasteiger partial charge in [-0.25, -0.2) is 4.79 Å².